The van der Waals surface area contributed by atoms with Crippen LogP contribution in [-0.2, 0) is 7.05 Å². The van der Waals surface area contributed by atoms with Gasteiger partial charge in [-0.2, -0.15) is 0 Å². The van der Waals surface area contributed by atoms with E-state index >= 15 is 0 Å². The lowest BCUT2D eigenvalue weighted by Gasteiger charge is -2.07. The second-order valence-electron chi connectivity index (χ2n) is 5.15. The van der Waals surface area contributed by atoms with Gasteiger partial charge in [-0.25, -0.2) is 9.97 Å². The highest BCUT2D eigenvalue weighted by Crippen LogP contribution is 2.18. The molecular formula is C17H16N4O. The Morgan fingerprint density at radius 3 is 2.27 bits per heavy atom. The van der Waals surface area contributed by atoms with Crippen LogP contribution in [0.1, 0.15) is 5.56 Å². The van der Waals surface area contributed by atoms with Crippen LogP contribution in [0.25, 0.3) is 11.1 Å². The van der Waals surface area contributed by atoms with E-state index in [1.165, 1.54) is 16.2 Å². The van der Waals surface area contributed by atoms with Gasteiger partial charge in [0.25, 0.3) is 0 Å². The second kappa shape index (κ2) is 5.81. The predicted molar refractivity (Wildman–Crippen MR) is 87.2 cm³/mol. The molecule has 0 atom stereocenters. The van der Waals surface area contributed by atoms with Gasteiger partial charge in [0.05, 0.1) is 0 Å². The van der Waals surface area contributed by atoms with Crippen molar-refractivity contribution in [3.8, 4) is 11.1 Å². The van der Waals surface area contributed by atoms with Gasteiger partial charge in [0.1, 0.15) is 0 Å². The summed E-state index contributed by atoms with van der Waals surface area (Å²) in [7, 11) is 1.72. The Bertz CT molecular complexity index is 836. The molecule has 0 fully saturated rings. The van der Waals surface area contributed by atoms with E-state index in [4.69, 9.17) is 0 Å². The normalized spacial score (nSPS) is 10.5. The molecule has 0 aliphatic heterocycles. The first-order chi connectivity index (χ1) is 10.6. The largest absolute Gasteiger partial charge is 0.324 e. The quantitative estimate of drug-likeness (QED) is 0.806. The zero-order valence-electron chi connectivity index (χ0n) is 12.4. The molecule has 2 aromatic heterocycles. The van der Waals surface area contributed by atoms with Crippen molar-refractivity contribution in [3.63, 3.8) is 0 Å². The summed E-state index contributed by atoms with van der Waals surface area (Å²) in [5, 5.41) is 3.15. The topological polar surface area (TPSA) is 59.8 Å². The highest BCUT2D eigenvalue weighted by Gasteiger charge is 2.02. The summed E-state index contributed by atoms with van der Waals surface area (Å²) >= 11 is 0. The summed E-state index contributed by atoms with van der Waals surface area (Å²) in [5.74, 6) is 0.539. The molecule has 5 heteroatoms. The minimum Gasteiger partial charge on any atom is -0.324 e. The molecule has 0 amide bonds. The molecule has 0 spiro atoms. The van der Waals surface area contributed by atoms with Gasteiger partial charge in [-0.15, -0.1) is 0 Å². The molecule has 0 saturated carbocycles. The maximum Gasteiger partial charge on any atom is 0.250 e. The third-order valence-corrected chi connectivity index (χ3v) is 3.38. The number of hydrogen-bond donors (Lipinski definition) is 1. The van der Waals surface area contributed by atoms with Crippen LogP contribution in [0.2, 0.25) is 0 Å². The van der Waals surface area contributed by atoms with E-state index in [2.05, 4.69) is 15.3 Å². The maximum atomic E-state index is 11.4. The van der Waals surface area contributed by atoms with E-state index in [1.807, 2.05) is 31.2 Å². The minimum atomic E-state index is -0.0395. The molecule has 3 aromatic rings. The highest BCUT2D eigenvalue weighted by molar-refractivity contribution is 5.62. The second-order valence-corrected chi connectivity index (χ2v) is 5.15. The molecule has 0 radical (unpaired) electrons. The summed E-state index contributed by atoms with van der Waals surface area (Å²) in [6.45, 7) is 2.04. The van der Waals surface area contributed by atoms with Gasteiger partial charge in [-0.1, -0.05) is 17.7 Å². The number of nitrogens with zero attached hydrogens (tertiary/aromatic N) is 3. The number of benzene rings is 1. The molecule has 3 rings (SSSR count). The summed E-state index contributed by atoms with van der Waals surface area (Å²) in [4.78, 5) is 20.0. The molecule has 0 bridgehead atoms. The van der Waals surface area contributed by atoms with Crippen molar-refractivity contribution in [2.75, 3.05) is 5.32 Å². The van der Waals surface area contributed by atoms with E-state index < -0.39 is 0 Å². The first kappa shape index (κ1) is 14.0. The molecule has 1 aromatic carbocycles. The summed E-state index contributed by atoms with van der Waals surface area (Å²) in [6, 6.07) is 11.3. The Hall–Kier alpha value is -2.95. The average Bonchev–Trinajstić information content (AvgIpc) is 2.53. The first-order valence-electron chi connectivity index (χ1n) is 6.94. The third kappa shape index (κ3) is 3.03. The smallest absolute Gasteiger partial charge is 0.250 e. The maximum absolute atomic E-state index is 11.4. The predicted octanol–water partition coefficient (Wildman–Crippen LogP) is 2.89. The van der Waals surface area contributed by atoms with Crippen LogP contribution in [0, 0.1) is 6.92 Å². The minimum absolute atomic E-state index is 0.0395. The van der Waals surface area contributed by atoms with Crippen LogP contribution in [0.4, 0.5) is 11.6 Å². The van der Waals surface area contributed by atoms with Crippen molar-refractivity contribution in [1.82, 2.24) is 14.5 Å². The lowest BCUT2D eigenvalue weighted by molar-refractivity contribution is 0.862. The fourth-order valence-corrected chi connectivity index (χ4v) is 2.07. The Balaban J connectivity index is 1.81. The molecule has 0 aliphatic rings. The van der Waals surface area contributed by atoms with Crippen molar-refractivity contribution in [2.24, 2.45) is 7.05 Å². The molecule has 2 heterocycles. The van der Waals surface area contributed by atoms with Crippen LogP contribution < -0.4 is 10.9 Å². The van der Waals surface area contributed by atoms with Crippen molar-refractivity contribution < 1.29 is 0 Å². The molecule has 22 heavy (non-hydrogen) atoms. The fourth-order valence-electron chi connectivity index (χ4n) is 2.07. The number of hydrogen-bond acceptors (Lipinski definition) is 4. The van der Waals surface area contributed by atoms with E-state index in [0.29, 0.717) is 5.95 Å². The van der Waals surface area contributed by atoms with Crippen LogP contribution >= 0.6 is 0 Å². The molecule has 5 nitrogen and oxygen atoms in total. The zero-order chi connectivity index (χ0) is 15.5. The Labute approximate surface area is 128 Å². The number of rotatable bonds is 3. The van der Waals surface area contributed by atoms with E-state index in [-0.39, 0.29) is 5.56 Å². The van der Waals surface area contributed by atoms with Gasteiger partial charge in [-0.05, 0) is 25.1 Å². The Morgan fingerprint density at radius 1 is 0.955 bits per heavy atom. The number of pyridine rings is 1. The molecule has 0 aliphatic carbocycles. The van der Waals surface area contributed by atoms with Crippen LogP contribution in [0.15, 0.2) is 59.8 Å². The van der Waals surface area contributed by atoms with E-state index in [9.17, 15) is 4.79 Å². The molecule has 0 unspecified atom stereocenters. The van der Waals surface area contributed by atoms with Crippen LogP contribution in [0.5, 0.6) is 0 Å². The number of anilines is 2. The number of aromatic nitrogens is 3. The SMILES string of the molecule is Cc1ccc(Nc2ncc(-c3ccc(=O)n(C)c3)cn2)cc1. The molecular weight excluding hydrogens is 276 g/mol. The molecule has 1 N–H and O–H groups in total. The Morgan fingerprint density at radius 2 is 1.64 bits per heavy atom. The lowest BCUT2D eigenvalue weighted by Crippen LogP contribution is -2.13. The van der Waals surface area contributed by atoms with Gasteiger partial charge < -0.3 is 9.88 Å². The van der Waals surface area contributed by atoms with Crippen molar-refractivity contribution in [3.05, 3.63) is 70.9 Å². The average molecular weight is 292 g/mol. The fraction of sp³-hybridized carbons (Fsp3) is 0.118. The lowest BCUT2D eigenvalue weighted by atomic mass is 10.1. The van der Waals surface area contributed by atoms with Crippen LogP contribution in [0.3, 0.4) is 0 Å². The van der Waals surface area contributed by atoms with Crippen molar-refractivity contribution >= 4 is 11.6 Å². The summed E-state index contributed by atoms with van der Waals surface area (Å²) in [5.41, 5.74) is 3.88. The number of nitrogens with one attached hydrogen (secondary N) is 1. The van der Waals surface area contributed by atoms with Gasteiger partial charge in [0.2, 0.25) is 11.5 Å². The Kier molecular flexibility index (Phi) is 3.70. The third-order valence-electron chi connectivity index (χ3n) is 3.38. The number of aryl methyl sites for hydroxylation is 2. The zero-order valence-corrected chi connectivity index (χ0v) is 12.4. The summed E-state index contributed by atoms with van der Waals surface area (Å²) < 4.78 is 1.54. The van der Waals surface area contributed by atoms with Gasteiger partial charge in [-0.3, -0.25) is 4.79 Å². The van der Waals surface area contributed by atoms with E-state index in [1.54, 1.807) is 31.7 Å². The van der Waals surface area contributed by atoms with Gasteiger partial charge >= 0.3 is 0 Å². The van der Waals surface area contributed by atoms with Gasteiger partial charge in [0.15, 0.2) is 0 Å². The standard InChI is InChI=1S/C17H16N4O/c1-12-3-6-15(7-4-12)20-17-18-9-14(10-19-17)13-5-8-16(22)21(2)11-13/h3-11H,1-2H3,(H,18,19,20). The highest BCUT2D eigenvalue weighted by atomic mass is 16.1. The monoisotopic (exact) mass is 292 g/mol. The first-order valence-corrected chi connectivity index (χ1v) is 6.94. The van der Waals surface area contributed by atoms with E-state index in [0.717, 1.165) is 16.8 Å². The molecule has 0 saturated heterocycles. The molecule has 110 valence electrons. The van der Waals surface area contributed by atoms with Crippen molar-refractivity contribution in [1.29, 1.82) is 0 Å². The van der Waals surface area contributed by atoms with Crippen molar-refractivity contribution in [2.45, 2.75) is 6.92 Å². The van der Waals surface area contributed by atoms with Gasteiger partial charge in [0, 0.05) is 48.5 Å². The summed E-state index contributed by atoms with van der Waals surface area (Å²) in [6.07, 6.45) is 5.25. The van der Waals surface area contributed by atoms with Crippen LogP contribution in [-0.4, -0.2) is 14.5 Å².